The number of alkyl halides is 2. The van der Waals surface area contributed by atoms with E-state index in [1.165, 1.54) is 0 Å². The number of ether oxygens (including phenoxy) is 1. The Hall–Kier alpha value is -2.77. The third-order valence-electron chi connectivity index (χ3n) is 6.12. The summed E-state index contributed by atoms with van der Waals surface area (Å²) in [6, 6.07) is 9.75. The summed E-state index contributed by atoms with van der Waals surface area (Å²) in [5.74, 6) is -0.413. The minimum atomic E-state index is -2.69. The van der Waals surface area contributed by atoms with Crippen LogP contribution in [0.25, 0.3) is 0 Å². The van der Waals surface area contributed by atoms with Gasteiger partial charge >= 0.3 is 0 Å². The molecule has 1 aromatic carbocycles. The predicted octanol–water partition coefficient (Wildman–Crippen LogP) is 4.45. The van der Waals surface area contributed by atoms with Crippen LogP contribution in [0.4, 0.5) is 20.5 Å². The summed E-state index contributed by atoms with van der Waals surface area (Å²) in [6.45, 7) is 5.34. The molecule has 0 amide bonds. The fraction of sp³-hybridized carbons (Fsp3) is 0.542. The van der Waals surface area contributed by atoms with E-state index < -0.39 is 5.92 Å². The summed E-state index contributed by atoms with van der Waals surface area (Å²) in [5, 5.41) is 0. The van der Waals surface area contributed by atoms with Gasteiger partial charge in [-0.3, -0.25) is 0 Å². The highest BCUT2D eigenvalue weighted by molar-refractivity contribution is 5.76. The van der Waals surface area contributed by atoms with Crippen molar-refractivity contribution < 1.29 is 18.3 Å². The molecule has 2 fully saturated rings. The third-order valence-corrected chi connectivity index (χ3v) is 6.12. The topological polar surface area (TPSA) is 58.6 Å². The van der Waals surface area contributed by atoms with Gasteiger partial charge in [-0.05, 0) is 43.0 Å². The van der Waals surface area contributed by atoms with Crippen LogP contribution in [0.2, 0.25) is 0 Å². The zero-order valence-electron chi connectivity index (χ0n) is 18.6. The molecule has 2 saturated heterocycles. The second-order valence-electron chi connectivity index (χ2n) is 8.95. The predicted molar refractivity (Wildman–Crippen MR) is 120 cm³/mol. The Bertz CT molecular complexity index is 938. The maximum atomic E-state index is 13.8. The average molecular weight is 445 g/mol. The van der Waals surface area contributed by atoms with Crippen molar-refractivity contribution in [2.24, 2.45) is 0 Å². The van der Waals surface area contributed by atoms with Crippen LogP contribution in [0.1, 0.15) is 51.0 Å². The third kappa shape index (κ3) is 5.53. The van der Waals surface area contributed by atoms with Crippen LogP contribution in [-0.2, 0) is 4.79 Å². The number of ketones is 1. The molecule has 2 aliphatic rings. The summed E-state index contributed by atoms with van der Waals surface area (Å²) in [7, 11) is 0. The van der Waals surface area contributed by atoms with Gasteiger partial charge in [-0.1, -0.05) is 19.1 Å². The number of piperidine rings is 1. The van der Waals surface area contributed by atoms with E-state index in [2.05, 4.69) is 14.9 Å². The Kier molecular flexibility index (Phi) is 6.58. The van der Waals surface area contributed by atoms with Gasteiger partial charge in [0.2, 0.25) is 5.95 Å². The van der Waals surface area contributed by atoms with Gasteiger partial charge in [0.15, 0.2) is 0 Å². The molecule has 0 bridgehead atoms. The molecule has 0 N–H and O–H groups in total. The number of hydrogen-bond acceptors (Lipinski definition) is 6. The molecule has 2 aliphatic heterocycles. The number of carbonyl (C=O) groups is 1. The van der Waals surface area contributed by atoms with E-state index in [0.717, 1.165) is 30.1 Å². The number of rotatable bonds is 7. The summed E-state index contributed by atoms with van der Waals surface area (Å²) in [5.41, 5.74) is 1.12. The lowest BCUT2D eigenvalue weighted by Gasteiger charge is -2.32. The number of nitrogens with zero attached hydrogens (tertiary/aromatic N) is 4. The minimum Gasteiger partial charge on any atom is -0.489 e. The lowest BCUT2D eigenvalue weighted by Crippen LogP contribution is -2.43. The first-order valence-electron chi connectivity index (χ1n) is 11.3. The second-order valence-corrected chi connectivity index (χ2v) is 8.95. The molecule has 2 aromatic rings. The van der Waals surface area contributed by atoms with Gasteiger partial charge in [-0.15, -0.1) is 0 Å². The number of benzene rings is 1. The van der Waals surface area contributed by atoms with Crippen molar-refractivity contribution in [1.29, 1.82) is 0 Å². The first-order chi connectivity index (χ1) is 15.3. The fourth-order valence-electron chi connectivity index (χ4n) is 4.45. The highest BCUT2D eigenvalue weighted by atomic mass is 19.3. The summed E-state index contributed by atoms with van der Waals surface area (Å²) in [4.78, 5) is 23.8. The van der Waals surface area contributed by atoms with Crippen LogP contribution in [-0.4, -0.2) is 54.0 Å². The van der Waals surface area contributed by atoms with Crippen molar-refractivity contribution in [3.05, 3.63) is 42.1 Å². The summed E-state index contributed by atoms with van der Waals surface area (Å²) in [6.07, 6.45) is 3.40. The molecule has 4 rings (SSSR count). The largest absolute Gasteiger partial charge is 0.489 e. The summed E-state index contributed by atoms with van der Waals surface area (Å²) < 4.78 is 33.7. The standard InChI is InChI=1S/C24H30F2N4O2/c1-17(14-18(2)31)19-4-6-20(7-5-19)32-21-9-13-29(15-21)22-8-11-27-23(28-22)30-12-3-10-24(25,26)16-30/h4-8,11,17,21H,3,9-10,12-16H2,1-2H3/t17-,21-/m1/s1. The first kappa shape index (κ1) is 22.4. The molecule has 8 heteroatoms. The molecule has 6 nitrogen and oxygen atoms in total. The van der Waals surface area contributed by atoms with Crippen LogP contribution < -0.4 is 14.5 Å². The molecular formula is C24H30F2N4O2. The molecule has 0 spiro atoms. The average Bonchev–Trinajstić information content (AvgIpc) is 3.22. The van der Waals surface area contributed by atoms with Crippen molar-refractivity contribution in [3.8, 4) is 5.75 Å². The monoisotopic (exact) mass is 444 g/mol. The van der Waals surface area contributed by atoms with E-state index in [4.69, 9.17) is 4.74 Å². The van der Waals surface area contributed by atoms with E-state index >= 15 is 0 Å². The van der Waals surface area contributed by atoms with Gasteiger partial charge in [-0.2, -0.15) is 4.98 Å². The van der Waals surface area contributed by atoms with Crippen LogP contribution >= 0.6 is 0 Å². The maximum absolute atomic E-state index is 13.8. The maximum Gasteiger partial charge on any atom is 0.265 e. The summed E-state index contributed by atoms with van der Waals surface area (Å²) >= 11 is 0. The zero-order valence-corrected chi connectivity index (χ0v) is 18.6. The molecule has 172 valence electrons. The SMILES string of the molecule is CC(=O)C[C@@H](C)c1ccc(O[C@@H]2CCN(c3ccnc(N4CCCC(F)(F)C4)n3)C2)cc1. The molecular weight excluding hydrogens is 414 g/mol. The van der Waals surface area contributed by atoms with Crippen LogP contribution in [0.3, 0.4) is 0 Å². The van der Waals surface area contributed by atoms with Gasteiger partial charge in [0.25, 0.3) is 5.92 Å². The number of anilines is 2. The number of aromatic nitrogens is 2. The van der Waals surface area contributed by atoms with Crippen molar-refractivity contribution >= 4 is 17.5 Å². The Balaban J connectivity index is 1.35. The molecule has 0 radical (unpaired) electrons. The van der Waals surface area contributed by atoms with Crippen molar-refractivity contribution in [1.82, 2.24) is 9.97 Å². The Morgan fingerprint density at radius 1 is 1.22 bits per heavy atom. The minimum absolute atomic E-state index is 0.0215. The van der Waals surface area contributed by atoms with Crippen molar-refractivity contribution in [2.75, 3.05) is 36.0 Å². The molecule has 0 unspecified atom stereocenters. The molecule has 2 atom stereocenters. The fourth-order valence-corrected chi connectivity index (χ4v) is 4.45. The lowest BCUT2D eigenvalue weighted by atomic mass is 9.96. The molecule has 32 heavy (non-hydrogen) atoms. The van der Waals surface area contributed by atoms with Crippen molar-refractivity contribution in [2.45, 2.75) is 57.5 Å². The van der Waals surface area contributed by atoms with E-state index in [0.29, 0.717) is 31.9 Å². The quantitative estimate of drug-likeness (QED) is 0.629. The Labute approximate surface area is 187 Å². The van der Waals surface area contributed by atoms with Gasteiger partial charge in [0.05, 0.1) is 13.1 Å². The van der Waals surface area contributed by atoms with E-state index in [1.807, 2.05) is 37.3 Å². The molecule has 0 aliphatic carbocycles. The van der Waals surface area contributed by atoms with Gasteiger partial charge in [-0.25, -0.2) is 13.8 Å². The van der Waals surface area contributed by atoms with E-state index in [1.54, 1.807) is 18.0 Å². The smallest absolute Gasteiger partial charge is 0.265 e. The van der Waals surface area contributed by atoms with Crippen LogP contribution in [0, 0.1) is 0 Å². The molecule has 3 heterocycles. The highest BCUT2D eigenvalue weighted by Crippen LogP contribution is 2.30. The van der Waals surface area contributed by atoms with E-state index in [9.17, 15) is 13.6 Å². The number of hydrogen-bond donors (Lipinski definition) is 0. The first-order valence-corrected chi connectivity index (χ1v) is 11.3. The number of carbonyl (C=O) groups excluding carboxylic acids is 1. The van der Waals surface area contributed by atoms with E-state index in [-0.39, 0.29) is 30.8 Å². The van der Waals surface area contributed by atoms with Gasteiger partial charge < -0.3 is 19.3 Å². The highest BCUT2D eigenvalue weighted by Gasteiger charge is 2.36. The molecule has 0 saturated carbocycles. The molecule has 1 aromatic heterocycles. The zero-order chi connectivity index (χ0) is 22.7. The van der Waals surface area contributed by atoms with Gasteiger partial charge in [0, 0.05) is 38.5 Å². The normalized spacial score (nSPS) is 21.4. The Morgan fingerprint density at radius 2 is 2.00 bits per heavy atom. The van der Waals surface area contributed by atoms with Crippen molar-refractivity contribution in [3.63, 3.8) is 0 Å². The van der Waals surface area contributed by atoms with Crippen LogP contribution in [0.5, 0.6) is 5.75 Å². The second kappa shape index (κ2) is 9.38. The lowest BCUT2D eigenvalue weighted by molar-refractivity contribution is -0.117. The Morgan fingerprint density at radius 3 is 2.72 bits per heavy atom. The number of halogens is 2. The number of Topliss-reactive ketones (excluding diaryl/α,β-unsaturated/α-hetero) is 1. The van der Waals surface area contributed by atoms with Gasteiger partial charge in [0.1, 0.15) is 23.5 Å². The van der Waals surface area contributed by atoms with Crippen LogP contribution in [0.15, 0.2) is 36.5 Å².